The third-order valence-corrected chi connectivity index (χ3v) is 7.24. The maximum Gasteiger partial charge on any atom is 0.305 e. The predicted octanol–water partition coefficient (Wildman–Crippen LogP) is 3.94. The molecule has 0 aromatic heterocycles. The fourth-order valence-electron chi connectivity index (χ4n) is 5.08. The van der Waals surface area contributed by atoms with Crippen LogP contribution in [0.25, 0.3) is 0 Å². The van der Waals surface area contributed by atoms with Gasteiger partial charge in [-0.2, -0.15) is 0 Å². The minimum Gasteiger partial charge on any atom is -0.465 e. The van der Waals surface area contributed by atoms with E-state index in [1.807, 2.05) is 0 Å². The Morgan fingerprint density at radius 2 is 1.31 bits per heavy atom. The molecule has 0 amide bonds. The molecule has 0 aromatic rings. The van der Waals surface area contributed by atoms with E-state index in [0.29, 0.717) is 63.3 Å². The maximum atomic E-state index is 12.1. The number of hydrogen-bond donors (Lipinski definition) is 0. The van der Waals surface area contributed by atoms with Gasteiger partial charge in [0.2, 0.25) is 0 Å². The summed E-state index contributed by atoms with van der Waals surface area (Å²) in [5.41, 5.74) is 0.0902. The maximum absolute atomic E-state index is 12.1. The lowest BCUT2D eigenvalue weighted by Gasteiger charge is -2.30. The molecule has 6 heteroatoms. The molecule has 164 valence electrons. The molecule has 6 atom stereocenters. The molecule has 2 saturated carbocycles. The van der Waals surface area contributed by atoms with E-state index in [-0.39, 0.29) is 22.8 Å². The van der Waals surface area contributed by atoms with Crippen molar-refractivity contribution in [2.24, 2.45) is 10.8 Å². The highest BCUT2D eigenvalue weighted by atomic mass is 16.6. The average Bonchev–Trinajstić information content (AvgIpc) is 3.57. The van der Waals surface area contributed by atoms with Gasteiger partial charge >= 0.3 is 11.9 Å². The summed E-state index contributed by atoms with van der Waals surface area (Å²) >= 11 is 0. The van der Waals surface area contributed by atoms with Gasteiger partial charge in [-0.3, -0.25) is 9.59 Å². The molecule has 0 spiro atoms. The van der Waals surface area contributed by atoms with E-state index in [4.69, 9.17) is 18.9 Å². The number of esters is 2. The van der Waals surface area contributed by atoms with Crippen LogP contribution in [0.2, 0.25) is 0 Å². The molecule has 4 aliphatic rings. The summed E-state index contributed by atoms with van der Waals surface area (Å²) in [5, 5.41) is 0. The van der Waals surface area contributed by atoms with Crippen LogP contribution in [0, 0.1) is 10.8 Å². The van der Waals surface area contributed by atoms with Gasteiger partial charge in [-0.1, -0.05) is 20.3 Å². The molecular weight excluding hydrogens is 372 g/mol. The van der Waals surface area contributed by atoms with Crippen molar-refractivity contribution in [2.75, 3.05) is 13.2 Å². The van der Waals surface area contributed by atoms with Crippen molar-refractivity contribution in [1.82, 2.24) is 0 Å². The summed E-state index contributed by atoms with van der Waals surface area (Å²) in [6, 6.07) is 0. The Morgan fingerprint density at radius 1 is 0.793 bits per heavy atom. The van der Waals surface area contributed by atoms with Gasteiger partial charge in [0.25, 0.3) is 0 Å². The zero-order valence-corrected chi connectivity index (χ0v) is 18.0. The Hall–Kier alpha value is -1.14. The van der Waals surface area contributed by atoms with E-state index >= 15 is 0 Å². The second-order valence-corrected chi connectivity index (χ2v) is 10.4. The van der Waals surface area contributed by atoms with Crippen molar-refractivity contribution in [3.63, 3.8) is 0 Å². The normalized spacial score (nSPS) is 40.2. The number of epoxide rings is 2. The molecule has 6 nitrogen and oxygen atoms in total. The molecule has 2 saturated heterocycles. The zero-order valence-electron chi connectivity index (χ0n) is 18.0. The Morgan fingerprint density at radius 3 is 1.90 bits per heavy atom. The number of fused-ring (bicyclic) bond motifs is 2. The van der Waals surface area contributed by atoms with Gasteiger partial charge < -0.3 is 18.9 Å². The van der Waals surface area contributed by atoms with Gasteiger partial charge in [-0.15, -0.1) is 0 Å². The molecule has 0 N–H and O–H groups in total. The number of ether oxygens (including phenoxy) is 4. The van der Waals surface area contributed by atoms with Crippen molar-refractivity contribution in [1.29, 1.82) is 0 Å². The van der Waals surface area contributed by atoms with Crippen molar-refractivity contribution in [3.05, 3.63) is 0 Å². The van der Waals surface area contributed by atoms with E-state index < -0.39 is 0 Å². The van der Waals surface area contributed by atoms with E-state index in [2.05, 4.69) is 13.8 Å². The van der Waals surface area contributed by atoms with Crippen LogP contribution in [0.5, 0.6) is 0 Å². The molecule has 4 fully saturated rings. The lowest BCUT2D eigenvalue weighted by Crippen LogP contribution is -2.30. The molecule has 2 aliphatic heterocycles. The van der Waals surface area contributed by atoms with Gasteiger partial charge in [0.05, 0.1) is 37.6 Å². The van der Waals surface area contributed by atoms with E-state index in [9.17, 15) is 9.59 Å². The van der Waals surface area contributed by atoms with E-state index in [0.717, 1.165) is 44.9 Å². The molecule has 0 radical (unpaired) electrons. The second kappa shape index (κ2) is 8.54. The van der Waals surface area contributed by atoms with E-state index in [1.165, 1.54) is 0 Å². The first-order valence-electron chi connectivity index (χ1n) is 11.5. The standard InChI is InChI=1S/C23H36O6/c1-22(10-5-6-16-18(12-22)28-16)14-26-20(24)7-3-4-8-21(25)27-15-23(2)11-9-17-19(13-23)29-17/h16-19H,3-15H2,1-2H3. The second-order valence-electron chi connectivity index (χ2n) is 10.4. The molecule has 6 unspecified atom stereocenters. The highest BCUT2D eigenvalue weighted by Gasteiger charge is 2.49. The summed E-state index contributed by atoms with van der Waals surface area (Å²) in [6.07, 6.45) is 11.2. The number of carbonyl (C=O) groups is 2. The van der Waals surface area contributed by atoms with Crippen LogP contribution >= 0.6 is 0 Å². The highest BCUT2D eigenvalue weighted by Crippen LogP contribution is 2.46. The fraction of sp³-hybridized carbons (Fsp3) is 0.913. The van der Waals surface area contributed by atoms with Gasteiger partial charge in [-0.25, -0.2) is 0 Å². The van der Waals surface area contributed by atoms with Crippen LogP contribution in [0.3, 0.4) is 0 Å². The summed E-state index contributed by atoms with van der Waals surface area (Å²) in [4.78, 5) is 24.1. The number of unbranched alkanes of at least 4 members (excludes halogenated alkanes) is 1. The Bertz CT molecular complexity index is 620. The molecule has 4 rings (SSSR count). The Balaban J connectivity index is 1.05. The van der Waals surface area contributed by atoms with Crippen molar-refractivity contribution in [3.8, 4) is 0 Å². The zero-order chi connectivity index (χ0) is 20.5. The molecular formula is C23H36O6. The Labute approximate surface area is 174 Å². The molecule has 0 aromatic carbocycles. The van der Waals surface area contributed by atoms with Gasteiger partial charge in [0.15, 0.2) is 0 Å². The first-order valence-corrected chi connectivity index (χ1v) is 11.5. The van der Waals surface area contributed by atoms with Crippen molar-refractivity contribution < 1.29 is 28.5 Å². The number of carbonyl (C=O) groups excluding carboxylic acids is 2. The van der Waals surface area contributed by atoms with Crippen LogP contribution < -0.4 is 0 Å². The SMILES string of the molecule is CC1(COC(=O)CCCCC(=O)OCC2(C)CCC3OC3C2)CCCC2OC2C1. The predicted molar refractivity (Wildman–Crippen MR) is 106 cm³/mol. The van der Waals surface area contributed by atoms with Crippen LogP contribution in [0.15, 0.2) is 0 Å². The monoisotopic (exact) mass is 408 g/mol. The van der Waals surface area contributed by atoms with Gasteiger partial charge in [0, 0.05) is 23.7 Å². The summed E-state index contributed by atoms with van der Waals surface area (Å²) in [7, 11) is 0. The minimum atomic E-state index is -0.164. The van der Waals surface area contributed by atoms with Crippen LogP contribution in [0.4, 0.5) is 0 Å². The van der Waals surface area contributed by atoms with Gasteiger partial charge in [-0.05, 0) is 51.4 Å². The quantitative estimate of drug-likeness (QED) is 0.327. The fourth-order valence-corrected chi connectivity index (χ4v) is 5.08. The van der Waals surface area contributed by atoms with Gasteiger partial charge in [0.1, 0.15) is 0 Å². The van der Waals surface area contributed by atoms with Crippen LogP contribution in [-0.2, 0) is 28.5 Å². The summed E-state index contributed by atoms with van der Waals surface area (Å²) in [6.45, 7) is 5.33. The lowest BCUT2D eigenvalue weighted by molar-refractivity contribution is -0.149. The van der Waals surface area contributed by atoms with E-state index in [1.54, 1.807) is 0 Å². The van der Waals surface area contributed by atoms with Crippen molar-refractivity contribution in [2.45, 2.75) is 109 Å². The third kappa shape index (κ3) is 5.94. The topological polar surface area (TPSA) is 77.7 Å². The first-order chi connectivity index (χ1) is 13.8. The summed E-state index contributed by atoms with van der Waals surface area (Å²) < 4.78 is 22.3. The molecule has 0 bridgehead atoms. The largest absolute Gasteiger partial charge is 0.465 e. The molecule has 2 heterocycles. The highest BCUT2D eigenvalue weighted by molar-refractivity contribution is 5.70. The van der Waals surface area contributed by atoms with Crippen LogP contribution in [-0.4, -0.2) is 49.6 Å². The molecule has 2 aliphatic carbocycles. The van der Waals surface area contributed by atoms with Crippen molar-refractivity contribution >= 4 is 11.9 Å². The smallest absolute Gasteiger partial charge is 0.305 e. The van der Waals surface area contributed by atoms with Crippen LogP contribution in [0.1, 0.15) is 84.5 Å². The lowest BCUT2D eigenvalue weighted by atomic mass is 9.76. The Kier molecular flexibility index (Phi) is 6.22. The third-order valence-electron chi connectivity index (χ3n) is 7.24. The number of rotatable bonds is 9. The minimum absolute atomic E-state index is 0.0378. The summed E-state index contributed by atoms with van der Waals surface area (Å²) in [5.74, 6) is -0.325. The molecule has 29 heavy (non-hydrogen) atoms. The number of hydrogen-bond acceptors (Lipinski definition) is 6. The average molecular weight is 409 g/mol. The first kappa shape index (κ1) is 21.1.